The molecule has 2 rings (SSSR count). The third-order valence-electron chi connectivity index (χ3n) is 3.96. The topological polar surface area (TPSA) is 76.7 Å². The maximum absolute atomic E-state index is 13.2. The van der Waals surface area contributed by atoms with Gasteiger partial charge in [0.1, 0.15) is 11.6 Å². The summed E-state index contributed by atoms with van der Waals surface area (Å²) in [6.07, 6.45) is -1.11. The Morgan fingerprint density at radius 1 is 1.31 bits per heavy atom. The average Bonchev–Trinajstić information content (AvgIpc) is 2.51. The van der Waals surface area contributed by atoms with Crippen LogP contribution in [0.2, 0.25) is 0 Å². The Hall–Kier alpha value is -0.830. The highest BCUT2D eigenvalue weighted by molar-refractivity contribution is 5.85. The smallest absolute Gasteiger partial charge is 0.169 e. The number of rotatable bonds is 6. The number of benzene rings is 1. The van der Waals surface area contributed by atoms with Crippen LogP contribution in [0.5, 0.6) is 0 Å². The first-order chi connectivity index (χ1) is 11.6. The number of nitrogens with one attached hydrogen (secondary N) is 1. The van der Waals surface area contributed by atoms with Crippen LogP contribution in [-0.4, -0.2) is 49.3 Å². The molecule has 1 aromatic rings. The molecule has 26 heavy (non-hydrogen) atoms. The van der Waals surface area contributed by atoms with Gasteiger partial charge in [-0.25, -0.2) is 8.78 Å². The number of nitrogens with two attached hydrogens (primary N) is 1. The Morgan fingerprint density at radius 3 is 2.42 bits per heavy atom. The van der Waals surface area contributed by atoms with Gasteiger partial charge >= 0.3 is 0 Å². The summed E-state index contributed by atoms with van der Waals surface area (Å²) in [7, 11) is 0. The molecule has 0 unspecified atom stereocenters. The number of halogens is 3. The molecule has 5 nitrogen and oxygen atoms in total. The summed E-state index contributed by atoms with van der Waals surface area (Å²) >= 11 is 0. The normalized spacial score (nSPS) is 23.2. The van der Waals surface area contributed by atoms with E-state index in [-0.39, 0.29) is 43.2 Å². The molecule has 0 aromatic heterocycles. The molecular weight excluding hydrogens is 366 g/mol. The van der Waals surface area contributed by atoms with Crippen molar-refractivity contribution in [2.75, 3.05) is 19.8 Å². The van der Waals surface area contributed by atoms with Gasteiger partial charge in [0.05, 0.1) is 25.4 Å². The Labute approximate surface area is 159 Å². The number of hydrogen-bond acceptors (Lipinski definition) is 5. The number of aliphatic hydroxyl groups excluding tert-OH is 1. The largest absolute Gasteiger partial charge is 0.390 e. The third-order valence-corrected chi connectivity index (χ3v) is 3.96. The summed E-state index contributed by atoms with van der Waals surface area (Å²) in [5.74, 6) is -1.32. The van der Waals surface area contributed by atoms with Crippen molar-refractivity contribution < 1.29 is 23.4 Å². The van der Waals surface area contributed by atoms with Crippen LogP contribution in [0.25, 0.3) is 0 Å². The standard InChI is InChI=1S/C18H28F2N2O3.ClH/c1-18(2,3)10-25-16-8-22-15(9-24-16)17(23)14(21)6-11-4-12(19)7-13(20)5-11;/h4-5,7,14-17,22-23H,6,8-10,21H2,1-3H3;1H/t14-,15+,16-,17-;/m0./s1. The van der Waals surface area contributed by atoms with Crippen molar-refractivity contribution in [2.24, 2.45) is 11.1 Å². The molecule has 0 saturated carbocycles. The molecule has 4 atom stereocenters. The summed E-state index contributed by atoms with van der Waals surface area (Å²) in [4.78, 5) is 0. The van der Waals surface area contributed by atoms with E-state index < -0.39 is 23.8 Å². The molecule has 0 aliphatic carbocycles. The lowest BCUT2D eigenvalue weighted by Crippen LogP contribution is -2.58. The zero-order valence-electron chi connectivity index (χ0n) is 15.4. The van der Waals surface area contributed by atoms with Gasteiger partial charge in [0.2, 0.25) is 0 Å². The van der Waals surface area contributed by atoms with Crippen molar-refractivity contribution in [1.29, 1.82) is 0 Å². The lowest BCUT2D eigenvalue weighted by molar-refractivity contribution is -0.182. The fourth-order valence-electron chi connectivity index (χ4n) is 2.67. The molecule has 1 saturated heterocycles. The van der Waals surface area contributed by atoms with E-state index in [0.717, 1.165) is 6.07 Å². The van der Waals surface area contributed by atoms with E-state index in [4.69, 9.17) is 15.2 Å². The van der Waals surface area contributed by atoms with Crippen LogP contribution in [0, 0.1) is 17.0 Å². The van der Waals surface area contributed by atoms with E-state index in [1.54, 1.807) is 0 Å². The van der Waals surface area contributed by atoms with Crippen molar-refractivity contribution in [2.45, 2.75) is 51.7 Å². The van der Waals surface area contributed by atoms with Crippen LogP contribution in [-0.2, 0) is 15.9 Å². The van der Waals surface area contributed by atoms with E-state index in [2.05, 4.69) is 26.1 Å². The molecule has 1 aliphatic heterocycles. The number of aliphatic hydroxyl groups is 1. The van der Waals surface area contributed by atoms with Gasteiger partial charge in [-0.2, -0.15) is 0 Å². The molecular formula is C18H29ClF2N2O3. The van der Waals surface area contributed by atoms with Crippen LogP contribution in [0.1, 0.15) is 26.3 Å². The summed E-state index contributed by atoms with van der Waals surface area (Å²) in [5.41, 5.74) is 6.46. The molecule has 1 aliphatic rings. The van der Waals surface area contributed by atoms with Crippen molar-refractivity contribution >= 4 is 12.4 Å². The Bertz CT molecular complexity index is 544. The number of ether oxygens (including phenoxy) is 2. The minimum atomic E-state index is -0.908. The van der Waals surface area contributed by atoms with Crippen LogP contribution in [0.3, 0.4) is 0 Å². The monoisotopic (exact) mass is 394 g/mol. The minimum absolute atomic E-state index is 0. The molecule has 4 N–H and O–H groups in total. The highest BCUT2D eigenvalue weighted by Gasteiger charge is 2.31. The van der Waals surface area contributed by atoms with Crippen molar-refractivity contribution in [3.63, 3.8) is 0 Å². The van der Waals surface area contributed by atoms with Crippen LogP contribution >= 0.6 is 12.4 Å². The van der Waals surface area contributed by atoms with Gasteiger partial charge in [-0.3, -0.25) is 0 Å². The first kappa shape index (κ1) is 23.2. The highest BCUT2D eigenvalue weighted by atomic mass is 35.5. The highest BCUT2D eigenvalue weighted by Crippen LogP contribution is 2.17. The van der Waals surface area contributed by atoms with Crippen molar-refractivity contribution in [1.82, 2.24) is 5.32 Å². The van der Waals surface area contributed by atoms with E-state index in [0.29, 0.717) is 18.7 Å². The van der Waals surface area contributed by atoms with Crippen molar-refractivity contribution in [3.05, 3.63) is 35.4 Å². The van der Waals surface area contributed by atoms with Gasteiger partial charge in [-0.15, -0.1) is 12.4 Å². The van der Waals surface area contributed by atoms with Crippen LogP contribution in [0.15, 0.2) is 18.2 Å². The van der Waals surface area contributed by atoms with Gasteiger partial charge in [0.15, 0.2) is 6.29 Å². The fraction of sp³-hybridized carbons (Fsp3) is 0.667. The average molecular weight is 395 g/mol. The quantitative estimate of drug-likeness (QED) is 0.688. The summed E-state index contributed by atoms with van der Waals surface area (Å²) in [6, 6.07) is 2.21. The van der Waals surface area contributed by atoms with Gasteiger partial charge in [-0.1, -0.05) is 20.8 Å². The molecule has 150 valence electrons. The zero-order valence-corrected chi connectivity index (χ0v) is 16.2. The SMILES string of the molecule is CC(C)(C)CO[C@H]1CN[C@@H]([C@@H](O)[C@@H](N)Cc2cc(F)cc(F)c2)CO1.Cl. The molecule has 8 heteroatoms. The Balaban J connectivity index is 0.00000338. The molecule has 0 bridgehead atoms. The Morgan fingerprint density at radius 2 is 1.92 bits per heavy atom. The van der Waals surface area contributed by atoms with Gasteiger partial charge < -0.3 is 25.6 Å². The van der Waals surface area contributed by atoms with Crippen molar-refractivity contribution in [3.8, 4) is 0 Å². The molecule has 0 spiro atoms. The lowest BCUT2D eigenvalue weighted by atomic mass is 9.96. The predicted octanol–water partition coefficient (Wildman–Crippen LogP) is 1.99. The van der Waals surface area contributed by atoms with E-state index in [1.165, 1.54) is 12.1 Å². The lowest BCUT2D eigenvalue weighted by Gasteiger charge is -2.35. The summed E-state index contributed by atoms with van der Waals surface area (Å²) in [5, 5.41) is 13.6. The third kappa shape index (κ3) is 7.42. The fourth-order valence-corrected chi connectivity index (χ4v) is 2.67. The Kier molecular flexibility index (Phi) is 8.85. The molecule has 0 radical (unpaired) electrons. The van der Waals surface area contributed by atoms with E-state index in [9.17, 15) is 13.9 Å². The predicted molar refractivity (Wildman–Crippen MR) is 98.2 cm³/mol. The van der Waals surface area contributed by atoms with E-state index >= 15 is 0 Å². The number of morpholine rings is 1. The minimum Gasteiger partial charge on any atom is -0.390 e. The van der Waals surface area contributed by atoms with Gasteiger partial charge in [-0.05, 0) is 29.5 Å². The first-order valence-electron chi connectivity index (χ1n) is 8.49. The summed E-state index contributed by atoms with van der Waals surface area (Å²) < 4.78 is 37.8. The number of hydrogen-bond donors (Lipinski definition) is 3. The van der Waals surface area contributed by atoms with E-state index in [1.807, 2.05) is 0 Å². The van der Waals surface area contributed by atoms with Gasteiger partial charge in [0.25, 0.3) is 0 Å². The zero-order chi connectivity index (χ0) is 18.6. The maximum Gasteiger partial charge on any atom is 0.169 e. The second-order valence-electron chi connectivity index (χ2n) is 7.79. The van der Waals surface area contributed by atoms with Gasteiger partial charge in [0, 0.05) is 18.7 Å². The van der Waals surface area contributed by atoms with Crippen LogP contribution in [0.4, 0.5) is 8.78 Å². The second-order valence-corrected chi connectivity index (χ2v) is 7.79. The second kappa shape index (κ2) is 9.92. The molecule has 0 amide bonds. The molecule has 1 aromatic carbocycles. The first-order valence-corrected chi connectivity index (χ1v) is 8.49. The molecule has 1 fully saturated rings. The summed E-state index contributed by atoms with van der Waals surface area (Å²) in [6.45, 7) is 7.48. The maximum atomic E-state index is 13.2. The molecule has 1 heterocycles. The van der Waals surface area contributed by atoms with Crippen LogP contribution < -0.4 is 11.1 Å².